The Morgan fingerprint density at radius 1 is 1.67 bits per heavy atom. The topological polar surface area (TPSA) is 70.4 Å². The van der Waals surface area contributed by atoms with Gasteiger partial charge in [0, 0.05) is 13.3 Å². The molecule has 1 heterocycles. The third-order valence-electron chi connectivity index (χ3n) is 1.74. The van der Waals surface area contributed by atoms with Crippen LogP contribution in [-0.2, 0) is 33.7 Å². The number of carbonyl (C=O) groups is 1. The van der Waals surface area contributed by atoms with Crippen LogP contribution in [0, 0.1) is 0 Å². The van der Waals surface area contributed by atoms with Crippen LogP contribution in [-0.4, -0.2) is 33.3 Å². The highest BCUT2D eigenvalue weighted by molar-refractivity contribution is 7.79. The molecule has 0 spiro atoms. The fourth-order valence-corrected chi connectivity index (χ4v) is 1.28. The van der Waals surface area contributed by atoms with Crippen LogP contribution in [0.2, 0.25) is 0 Å². The Labute approximate surface area is 89.8 Å². The van der Waals surface area contributed by atoms with Gasteiger partial charge >= 0.3 is 5.97 Å². The molecule has 0 radical (unpaired) electrons. The average molecular weight is 232 g/mol. The Morgan fingerprint density at radius 3 is 2.87 bits per heavy atom. The first-order valence-corrected chi connectivity index (χ1v) is 5.61. The van der Waals surface area contributed by atoms with E-state index in [1.165, 1.54) is 18.0 Å². The van der Waals surface area contributed by atoms with Gasteiger partial charge in [0.2, 0.25) is 0 Å². The second-order valence-electron chi connectivity index (χ2n) is 2.80. The first-order valence-electron chi connectivity index (χ1n) is 4.12. The molecule has 0 N–H and O–H groups in total. The summed E-state index contributed by atoms with van der Waals surface area (Å²) in [5, 5.41) is 3.92. The summed E-state index contributed by atoms with van der Waals surface area (Å²) in [5.74, 6) is -0.505. The van der Waals surface area contributed by atoms with Gasteiger partial charge in [0.25, 0.3) is 0 Å². The zero-order chi connectivity index (χ0) is 11.4. The summed E-state index contributed by atoms with van der Waals surface area (Å²) in [6.45, 7) is 0.142. The molecule has 1 unspecified atom stereocenters. The Balaban J connectivity index is 2.77. The molecule has 0 saturated carbocycles. The number of rotatable bonds is 4. The van der Waals surface area contributed by atoms with E-state index < -0.39 is 17.0 Å². The van der Waals surface area contributed by atoms with Gasteiger partial charge < -0.3 is 4.74 Å². The van der Waals surface area contributed by atoms with Crippen LogP contribution in [0.25, 0.3) is 0 Å². The molecule has 0 aliphatic heterocycles. The van der Waals surface area contributed by atoms with Gasteiger partial charge in [0.05, 0.1) is 12.8 Å². The number of methoxy groups -OCH3 is 1. The van der Waals surface area contributed by atoms with Crippen LogP contribution in [0.4, 0.5) is 0 Å². The molecule has 1 atom stereocenters. The van der Waals surface area contributed by atoms with Crippen molar-refractivity contribution in [1.29, 1.82) is 0 Å². The van der Waals surface area contributed by atoms with Crippen LogP contribution in [0.1, 0.15) is 16.2 Å². The first-order chi connectivity index (χ1) is 7.04. The number of hydrogen-bond donors (Lipinski definition) is 0. The van der Waals surface area contributed by atoms with E-state index in [9.17, 15) is 9.00 Å². The second kappa shape index (κ2) is 5.04. The summed E-state index contributed by atoms with van der Waals surface area (Å²) >= 11 is -1.33. The molecule has 0 aliphatic carbocycles. The lowest BCUT2D eigenvalue weighted by Gasteiger charge is -1.99. The van der Waals surface area contributed by atoms with Gasteiger partial charge in [-0.05, 0) is 6.07 Å². The molecule has 7 heteroatoms. The van der Waals surface area contributed by atoms with Crippen LogP contribution in [0.15, 0.2) is 6.07 Å². The molecule has 1 aromatic rings. The van der Waals surface area contributed by atoms with Gasteiger partial charge in [0.1, 0.15) is 6.61 Å². The van der Waals surface area contributed by atoms with Gasteiger partial charge in [-0.2, -0.15) is 5.10 Å². The normalized spacial score (nSPS) is 12.5. The quantitative estimate of drug-likeness (QED) is 0.684. The van der Waals surface area contributed by atoms with E-state index in [1.807, 2.05) is 0 Å². The number of esters is 1. The van der Waals surface area contributed by atoms with Crippen molar-refractivity contribution >= 4 is 17.0 Å². The molecule has 0 amide bonds. The predicted octanol–water partition coefficient (Wildman–Crippen LogP) is 0.0168. The van der Waals surface area contributed by atoms with E-state index in [0.29, 0.717) is 5.69 Å². The van der Waals surface area contributed by atoms with Crippen molar-refractivity contribution in [3.05, 3.63) is 17.5 Å². The summed E-state index contributed by atoms with van der Waals surface area (Å²) in [6, 6.07) is 1.54. The lowest BCUT2D eigenvalue weighted by molar-refractivity contribution is 0.0593. The molecule has 1 aromatic heterocycles. The van der Waals surface area contributed by atoms with Crippen molar-refractivity contribution in [2.45, 2.75) is 6.61 Å². The van der Waals surface area contributed by atoms with Crippen molar-refractivity contribution in [2.75, 3.05) is 13.4 Å². The highest BCUT2D eigenvalue weighted by atomic mass is 32.2. The summed E-state index contributed by atoms with van der Waals surface area (Å²) in [5.41, 5.74) is 0.867. The van der Waals surface area contributed by atoms with Crippen LogP contribution >= 0.6 is 0 Å². The van der Waals surface area contributed by atoms with Crippen molar-refractivity contribution in [2.24, 2.45) is 7.05 Å². The molecule has 0 fully saturated rings. The Bertz CT molecular complexity index is 388. The van der Waals surface area contributed by atoms with Crippen molar-refractivity contribution in [3.63, 3.8) is 0 Å². The Morgan fingerprint density at radius 2 is 2.33 bits per heavy atom. The maximum Gasteiger partial charge on any atom is 0.358 e. The monoisotopic (exact) mass is 232 g/mol. The van der Waals surface area contributed by atoms with Crippen molar-refractivity contribution in [3.8, 4) is 0 Å². The van der Waals surface area contributed by atoms with Gasteiger partial charge in [-0.15, -0.1) is 0 Å². The lowest BCUT2D eigenvalue weighted by Crippen LogP contribution is -2.04. The third kappa shape index (κ3) is 3.14. The lowest BCUT2D eigenvalue weighted by atomic mass is 10.3. The molecular weight excluding hydrogens is 220 g/mol. The molecule has 15 heavy (non-hydrogen) atoms. The molecule has 0 saturated heterocycles. The van der Waals surface area contributed by atoms with Crippen molar-refractivity contribution < 1.29 is 17.9 Å². The zero-order valence-electron chi connectivity index (χ0n) is 8.72. The number of nitrogens with zero attached hydrogens (tertiary/aromatic N) is 2. The van der Waals surface area contributed by atoms with E-state index in [0.717, 1.165) is 0 Å². The van der Waals surface area contributed by atoms with E-state index >= 15 is 0 Å². The maximum absolute atomic E-state index is 11.1. The summed E-state index contributed by atoms with van der Waals surface area (Å²) in [6.07, 6.45) is 1.43. The minimum Gasteiger partial charge on any atom is -0.464 e. The van der Waals surface area contributed by atoms with E-state index in [4.69, 9.17) is 4.18 Å². The van der Waals surface area contributed by atoms with Crippen LogP contribution in [0.5, 0.6) is 0 Å². The standard InChI is InChI=1S/C8H12N2O4S/c1-10-6(5-14-15(3)12)4-7(9-10)8(11)13-2/h4H,5H2,1-3H3. The minimum atomic E-state index is -1.33. The molecule has 0 bridgehead atoms. The number of hydrogen-bond acceptors (Lipinski definition) is 5. The molecule has 0 aliphatic rings. The predicted molar refractivity (Wildman–Crippen MR) is 53.4 cm³/mol. The zero-order valence-corrected chi connectivity index (χ0v) is 9.54. The summed E-state index contributed by atoms with van der Waals surface area (Å²) in [7, 11) is 2.96. The number of aryl methyl sites for hydroxylation is 1. The van der Waals surface area contributed by atoms with Crippen LogP contribution in [0.3, 0.4) is 0 Å². The molecule has 0 aromatic carbocycles. The van der Waals surface area contributed by atoms with E-state index in [-0.39, 0.29) is 12.3 Å². The fourth-order valence-electron chi connectivity index (χ4n) is 0.989. The van der Waals surface area contributed by atoms with Gasteiger partial charge in [-0.1, -0.05) is 0 Å². The molecule has 84 valence electrons. The highest BCUT2D eigenvalue weighted by Crippen LogP contribution is 2.06. The Hall–Kier alpha value is -1.21. The van der Waals surface area contributed by atoms with Gasteiger partial charge in [0.15, 0.2) is 16.8 Å². The van der Waals surface area contributed by atoms with Gasteiger partial charge in [-0.25, -0.2) is 9.00 Å². The molecular formula is C8H12N2O4S. The second-order valence-corrected chi connectivity index (χ2v) is 3.84. The summed E-state index contributed by atoms with van der Waals surface area (Å²) < 4.78 is 21.6. The maximum atomic E-state index is 11.1. The van der Waals surface area contributed by atoms with Gasteiger partial charge in [-0.3, -0.25) is 8.86 Å². The Kier molecular flexibility index (Phi) is 3.98. The first kappa shape index (κ1) is 11.9. The number of carbonyl (C=O) groups excluding carboxylic acids is 1. The number of ether oxygens (including phenoxy) is 1. The van der Waals surface area contributed by atoms with Crippen molar-refractivity contribution in [1.82, 2.24) is 9.78 Å². The summed E-state index contributed by atoms with van der Waals surface area (Å²) in [4.78, 5) is 11.1. The van der Waals surface area contributed by atoms with Crippen LogP contribution < -0.4 is 0 Å². The molecule has 6 nitrogen and oxygen atoms in total. The third-order valence-corrected chi connectivity index (χ3v) is 2.19. The average Bonchev–Trinajstić information content (AvgIpc) is 2.55. The minimum absolute atomic E-state index is 0.142. The SMILES string of the molecule is COC(=O)c1cc(COS(C)=O)n(C)n1. The largest absolute Gasteiger partial charge is 0.464 e. The van der Waals surface area contributed by atoms with E-state index in [1.54, 1.807) is 13.1 Å². The van der Waals surface area contributed by atoms with E-state index in [2.05, 4.69) is 9.84 Å². The highest BCUT2D eigenvalue weighted by Gasteiger charge is 2.13. The smallest absolute Gasteiger partial charge is 0.358 e. The molecule has 1 rings (SSSR count). The number of aromatic nitrogens is 2. The fraction of sp³-hybridized carbons (Fsp3) is 0.500.